The molecule has 0 saturated carbocycles. The average molecular weight is 477 g/mol. The number of carbonyl (C=O) groups is 2. The van der Waals surface area contributed by atoms with Crippen molar-refractivity contribution in [2.24, 2.45) is 5.92 Å². The van der Waals surface area contributed by atoms with E-state index in [0.29, 0.717) is 22.5 Å². The monoisotopic (exact) mass is 476 g/mol. The second-order valence-electron chi connectivity index (χ2n) is 8.78. The first-order chi connectivity index (χ1) is 16.5. The van der Waals surface area contributed by atoms with Crippen LogP contribution in [0.4, 0.5) is 15.1 Å². The lowest BCUT2D eigenvalue weighted by molar-refractivity contribution is -0.115. The third kappa shape index (κ3) is 5.28. The van der Waals surface area contributed by atoms with Crippen LogP contribution in [0.15, 0.2) is 53.6 Å². The van der Waals surface area contributed by atoms with E-state index >= 15 is 0 Å². The SMILES string of the molecule is O=C1NC(=O)/C(=C/c2ccnc(N3CCC(CCCc4ccc5cc(F)ccc5c4)CC3)n2)S1. The molecular formula is C26H25FN4O2S. The number of imide groups is 1. The molecule has 2 saturated heterocycles. The van der Waals surface area contributed by atoms with Crippen LogP contribution in [0.25, 0.3) is 16.8 Å². The van der Waals surface area contributed by atoms with Crippen LogP contribution in [0, 0.1) is 11.7 Å². The van der Waals surface area contributed by atoms with Crippen LogP contribution in [-0.2, 0) is 11.2 Å². The van der Waals surface area contributed by atoms with Gasteiger partial charge in [0.05, 0.1) is 10.6 Å². The number of benzene rings is 2. The Kier molecular flexibility index (Phi) is 6.58. The Morgan fingerprint density at radius 3 is 2.68 bits per heavy atom. The molecule has 5 rings (SSSR count). The highest BCUT2D eigenvalue weighted by Gasteiger charge is 2.25. The molecule has 0 radical (unpaired) electrons. The number of aryl methyl sites for hydroxylation is 1. The molecule has 0 aliphatic carbocycles. The van der Waals surface area contributed by atoms with Gasteiger partial charge in [0.25, 0.3) is 11.1 Å². The second kappa shape index (κ2) is 9.93. The van der Waals surface area contributed by atoms with Crippen molar-refractivity contribution in [3.05, 3.63) is 70.6 Å². The smallest absolute Gasteiger partial charge is 0.290 e. The molecule has 0 unspecified atom stereocenters. The highest BCUT2D eigenvalue weighted by atomic mass is 32.2. The molecule has 2 aliphatic rings. The van der Waals surface area contributed by atoms with E-state index in [0.717, 1.165) is 61.3 Å². The number of carbonyl (C=O) groups excluding carboxylic acids is 2. The molecule has 174 valence electrons. The van der Waals surface area contributed by atoms with Gasteiger partial charge in [0.1, 0.15) is 5.82 Å². The molecule has 3 aromatic rings. The number of fused-ring (bicyclic) bond motifs is 1. The molecule has 1 aromatic heterocycles. The number of rotatable bonds is 6. The number of anilines is 1. The summed E-state index contributed by atoms with van der Waals surface area (Å²) in [6.45, 7) is 1.81. The van der Waals surface area contributed by atoms with Crippen LogP contribution >= 0.6 is 11.8 Å². The van der Waals surface area contributed by atoms with Crippen LogP contribution < -0.4 is 10.2 Å². The Bertz CT molecular complexity index is 1270. The van der Waals surface area contributed by atoms with Crippen molar-refractivity contribution in [1.29, 1.82) is 0 Å². The quantitative estimate of drug-likeness (QED) is 0.485. The van der Waals surface area contributed by atoms with Gasteiger partial charge in [0, 0.05) is 19.3 Å². The van der Waals surface area contributed by atoms with Crippen molar-refractivity contribution < 1.29 is 14.0 Å². The number of halogens is 1. The van der Waals surface area contributed by atoms with Gasteiger partial charge in [-0.2, -0.15) is 0 Å². The largest absolute Gasteiger partial charge is 0.341 e. The standard InChI is InChI=1S/C26H25FN4O2S/c27-21-7-6-19-14-18(4-5-20(19)15-21)3-1-2-17-9-12-31(13-10-17)25-28-11-8-22(29-25)16-23-24(32)30-26(33)34-23/h4-8,11,14-17H,1-3,9-10,12-13H2,(H,30,32,33)/b23-16-. The Balaban J connectivity index is 1.12. The summed E-state index contributed by atoms with van der Waals surface area (Å²) >= 11 is 0.890. The fourth-order valence-electron chi connectivity index (χ4n) is 4.59. The van der Waals surface area contributed by atoms with Crippen LogP contribution in [0.1, 0.15) is 36.9 Å². The lowest BCUT2D eigenvalue weighted by Gasteiger charge is -2.32. The van der Waals surface area contributed by atoms with Gasteiger partial charge in [0.2, 0.25) is 5.95 Å². The van der Waals surface area contributed by atoms with E-state index in [1.807, 2.05) is 12.1 Å². The minimum atomic E-state index is -0.381. The molecule has 0 atom stereocenters. The molecule has 0 spiro atoms. The van der Waals surface area contributed by atoms with Gasteiger partial charge in [-0.1, -0.05) is 24.3 Å². The van der Waals surface area contributed by atoms with Crippen molar-refractivity contribution in [3.63, 3.8) is 0 Å². The van der Waals surface area contributed by atoms with Gasteiger partial charge >= 0.3 is 0 Å². The minimum Gasteiger partial charge on any atom is -0.341 e. The summed E-state index contributed by atoms with van der Waals surface area (Å²) in [5, 5.41) is 3.93. The first-order valence-corrected chi connectivity index (χ1v) is 12.4. The fourth-order valence-corrected chi connectivity index (χ4v) is 5.25. The summed E-state index contributed by atoms with van der Waals surface area (Å²) in [4.78, 5) is 34.7. The van der Waals surface area contributed by atoms with Crippen LogP contribution in [0.2, 0.25) is 0 Å². The summed E-state index contributed by atoms with van der Waals surface area (Å²) in [6, 6.07) is 13.0. The van der Waals surface area contributed by atoms with E-state index in [1.165, 1.54) is 18.1 Å². The molecule has 8 heteroatoms. The first kappa shape index (κ1) is 22.5. The number of nitrogens with one attached hydrogen (secondary N) is 1. The van der Waals surface area contributed by atoms with Crippen LogP contribution in [0.5, 0.6) is 0 Å². The van der Waals surface area contributed by atoms with E-state index in [1.54, 1.807) is 24.4 Å². The van der Waals surface area contributed by atoms with Crippen molar-refractivity contribution >= 4 is 45.7 Å². The predicted octanol–water partition coefficient (Wildman–Crippen LogP) is 5.33. The highest BCUT2D eigenvalue weighted by molar-refractivity contribution is 8.18. The van der Waals surface area contributed by atoms with E-state index in [4.69, 9.17) is 0 Å². The Morgan fingerprint density at radius 2 is 1.88 bits per heavy atom. The second-order valence-corrected chi connectivity index (χ2v) is 9.80. The summed E-state index contributed by atoms with van der Waals surface area (Å²) in [5.41, 5.74) is 1.92. The Labute approximate surface area is 201 Å². The van der Waals surface area contributed by atoms with Crippen LogP contribution in [0.3, 0.4) is 0 Å². The fraction of sp³-hybridized carbons (Fsp3) is 0.308. The molecule has 2 fully saturated rings. The first-order valence-electron chi connectivity index (χ1n) is 11.5. The number of piperidine rings is 1. The molecule has 0 bridgehead atoms. The van der Waals surface area contributed by atoms with Gasteiger partial charge in [-0.25, -0.2) is 14.4 Å². The minimum absolute atomic E-state index is 0.197. The summed E-state index contributed by atoms with van der Waals surface area (Å²) < 4.78 is 13.4. The van der Waals surface area contributed by atoms with Crippen molar-refractivity contribution in [1.82, 2.24) is 15.3 Å². The Morgan fingerprint density at radius 1 is 1.09 bits per heavy atom. The Hall–Kier alpha value is -3.26. The maximum atomic E-state index is 13.4. The van der Waals surface area contributed by atoms with Crippen LogP contribution in [-0.4, -0.2) is 34.2 Å². The van der Waals surface area contributed by atoms with E-state index in [9.17, 15) is 14.0 Å². The van der Waals surface area contributed by atoms with E-state index < -0.39 is 0 Å². The van der Waals surface area contributed by atoms with Crippen molar-refractivity contribution in [2.75, 3.05) is 18.0 Å². The third-order valence-electron chi connectivity index (χ3n) is 6.43. The molecule has 3 heterocycles. The molecular weight excluding hydrogens is 451 g/mol. The molecule has 6 nitrogen and oxygen atoms in total. The summed E-state index contributed by atoms with van der Waals surface area (Å²) in [5.74, 6) is 0.766. The van der Waals surface area contributed by atoms with Gasteiger partial charge in [-0.15, -0.1) is 0 Å². The van der Waals surface area contributed by atoms with Gasteiger partial charge in [-0.05, 0) is 90.4 Å². The number of aromatic nitrogens is 2. The molecule has 2 aromatic carbocycles. The molecule has 2 aliphatic heterocycles. The van der Waals surface area contributed by atoms with Gasteiger partial charge < -0.3 is 4.90 Å². The zero-order chi connectivity index (χ0) is 23.5. The summed E-state index contributed by atoms with van der Waals surface area (Å²) in [7, 11) is 0. The number of hydrogen-bond donors (Lipinski definition) is 1. The van der Waals surface area contributed by atoms with E-state index in [-0.39, 0.29) is 17.0 Å². The lowest BCUT2D eigenvalue weighted by atomic mass is 9.90. The number of hydrogen-bond acceptors (Lipinski definition) is 6. The molecule has 2 amide bonds. The number of nitrogens with zero attached hydrogens (tertiary/aromatic N) is 3. The maximum Gasteiger partial charge on any atom is 0.290 e. The zero-order valence-electron chi connectivity index (χ0n) is 18.7. The van der Waals surface area contributed by atoms with E-state index in [2.05, 4.69) is 32.3 Å². The number of amides is 2. The maximum absolute atomic E-state index is 13.4. The van der Waals surface area contributed by atoms with Crippen molar-refractivity contribution in [2.45, 2.75) is 32.1 Å². The molecule has 1 N–H and O–H groups in total. The normalized spacial score (nSPS) is 18.1. The lowest BCUT2D eigenvalue weighted by Crippen LogP contribution is -2.35. The highest BCUT2D eigenvalue weighted by Crippen LogP contribution is 2.27. The predicted molar refractivity (Wildman–Crippen MR) is 133 cm³/mol. The summed E-state index contributed by atoms with van der Waals surface area (Å²) in [6.07, 6.45) is 8.86. The third-order valence-corrected chi connectivity index (χ3v) is 7.24. The van der Waals surface area contributed by atoms with Crippen molar-refractivity contribution in [3.8, 4) is 0 Å². The topological polar surface area (TPSA) is 75.2 Å². The van der Waals surface area contributed by atoms with Gasteiger partial charge in [-0.3, -0.25) is 14.9 Å². The number of thioether (sulfide) groups is 1. The average Bonchev–Trinajstić information content (AvgIpc) is 3.16. The zero-order valence-corrected chi connectivity index (χ0v) is 19.5. The van der Waals surface area contributed by atoms with Gasteiger partial charge in [0.15, 0.2) is 0 Å². The molecule has 34 heavy (non-hydrogen) atoms.